The topological polar surface area (TPSA) is 54.9 Å². The van der Waals surface area contributed by atoms with Crippen LogP contribution < -0.4 is 5.32 Å². The molecule has 0 aliphatic carbocycles. The summed E-state index contributed by atoms with van der Waals surface area (Å²) in [5, 5.41) is 6.04. The second kappa shape index (κ2) is 5.65. The maximum absolute atomic E-state index is 11.9. The van der Waals surface area contributed by atoms with Gasteiger partial charge in [-0.2, -0.15) is 0 Å². The van der Waals surface area contributed by atoms with Gasteiger partial charge in [-0.05, 0) is 19.1 Å². The van der Waals surface area contributed by atoms with Crippen molar-refractivity contribution in [3.8, 4) is 0 Å². The number of nitrogens with one attached hydrogen (secondary N) is 1. The minimum Gasteiger partial charge on any atom is -0.345 e. The van der Waals surface area contributed by atoms with Crippen molar-refractivity contribution in [1.82, 2.24) is 15.3 Å². The third-order valence-corrected chi connectivity index (χ3v) is 3.46. The van der Waals surface area contributed by atoms with Crippen LogP contribution in [-0.4, -0.2) is 15.9 Å². The van der Waals surface area contributed by atoms with Crippen LogP contribution in [0.25, 0.3) is 0 Å². The highest BCUT2D eigenvalue weighted by Crippen LogP contribution is 2.16. The molecule has 0 saturated heterocycles. The standard InChI is InChI=1S/C11H9Cl2N3OS/c1-6-15-7(5-18-6)4-14-11(17)10-8(12)2-3-9(13)16-10/h2-3,5H,4H2,1H3,(H,14,17). The van der Waals surface area contributed by atoms with E-state index in [2.05, 4.69) is 15.3 Å². The Morgan fingerprint density at radius 1 is 1.39 bits per heavy atom. The average Bonchev–Trinajstić information content (AvgIpc) is 2.75. The lowest BCUT2D eigenvalue weighted by Crippen LogP contribution is -2.24. The lowest BCUT2D eigenvalue weighted by Gasteiger charge is -2.04. The largest absolute Gasteiger partial charge is 0.345 e. The molecule has 1 amide bonds. The van der Waals surface area contributed by atoms with E-state index >= 15 is 0 Å². The van der Waals surface area contributed by atoms with Crippen LogP contribution in [0.15, 0.2) is 17.5 Å². The van der Waals surface area contributed by atoms with E-state index < -0.39 is 0 Å². The fraction of sp³-hybridized carbons (Fsp3) is 0.182. The van der Waals surface area contributed by atoms with E-state index in [9.17, 15) is 4.79 Å². The summed E-state index contributed by atoms with van der Waals surface area (Å²) in [7, 11) is 0. The number of amides is 1. The lowest BCUT2D eigenvalue weighted by molar-refractivity contribution is 0.0945. The first-order valence-electron chi connectivity index (χ1n) is 5.07. The Labute approximate surface area is 118 Å². The van der Waals surface area contributed by atoms with Crippen LogP contribution in [0.4, 0.5) is 0 Å². The minimum absolute atomic E-state index is 0.121. The molecular formula is C11H9Cl2N3OS. The number of aromatic nitrogens is 2. The summed E-state index contributed by atoms with van der Waals surface area (Å²) in [5.74, 6) is -0.367. The van der Waals surface area contributed by atoms with Crippen molar-refractivity contribution in [3.63, 3.8) is 0 Å². The first-order valence-corrected chi connectivity index (χ1v) is 6.71. The smallest absolute Gasteiger partial charge is 0.271 e. The van der Waals surface area contributed by atoms with Crippen LogP contribution in [0.2, 0.25) is 10.2 Å². The molecule has 2 aromatic heterocycles. The zero-order valence-corrected chi connectivity index (χ0v) is 11.7. The van der Waals surface area contributed by atoms with Gasteiger partial charge < -0.3 is 5.32 Å². The molecule has 0 saturated carbocycles. The van der Waals surface area contributed by atoms with E-state index in [-0.39, 0.29) is 21.8 Å². The van der Waals surface area contributed by atoms with Gasteiger partial charge in [-0.3, -0.25) is 4.79 Å². The van der Waals surface area contributed by atoms with Gasteiger partial charge in [0.2, 0.25) is 0 Å². The van der Waals surface area contributed by atoms with E-state index in [4.69, 9.17) is 23.2 Å². The molecule has 4 nitrogen and oxygen atoms in total. The average molecular weight is 302 g/mol. The fourth-order valence-corrected chi connectivity index (χ4v) is 2.27. The Balaban J connectivity index is 2.05. The monoisotopic (exact) mass is 301 g/mol. The molecule has 0 fully saturated rings. The van der Waals surface area contributed by atoms with E-state index in [1.807, 2.05) is 12.3 Å². The molecule has 7 heteroatoms. The summed E-state index contributed by atoms with van der Waals surface area (Å²) < 4.78 is 0. The number of hydrogen-bond acceptors (Lipinski definition) is 4. The maximum atomic E-state index is 11.9. The normalized spacial score (nSPS) is 10.4. The fourth-order valence-electron chi connectivity index (χ4n) is 1.32. The molecular weight excluding hydrogens is 293 g/mol. The van der Waals surface area contributed by atoms with E-state index in [0.717, 1.165) is 10.7 Å². The third-order valence-electron chi connectivity index (χ3n) is 2.12. The van der Waals surface area contributed by atoms with Gasteiger partial charge in [-0.15, -0.1) is 11.3 Å². The van der Waals surface area contributed by atoms with Crippen LogP contribution in [0.5, 0.6) is 0 Å². The first-order chi connectivity index (χ1) is 8.56. The van der Waals surface area contributed by atoms with Crippen molar-refractivity contribution in [3.05, 3.63) is 44.1 Å². The van der Waals surface area contributed by atoms with Crippen molar-refractivity contribution >= 4 is 40.4 Å². The Kier molecular flexibility index (Phi) is 4.16. The number of thiazole rings is 1. The van der Waals surface area contributed by atoms with Crippen LogP contribution >= 0.6 is 34.5 Å². The summed E-state index contributed by atoms with van der Waals surface area (Å²) in [6.07, 6.45) is 0. The molecule has 0 atom stereocenters. The summed E-state index contributed by atoms with van der Waals surface area (Å²) >= 11 is 13.1. The summed E-state index contributed by atoms with van der Waals surface area (Å²) in [4.78, 5) is 20.0. The van der Waals surface area contributed by atoms with Crippen LogP contribution in [0, 0.1) is 6.92 Å². The van der Waals surface area contributed by atoms with Gasteiger partial charge >= 0.3 is 0 Å². The van der Waals surface area contributed by atoms with Gasteiger partial charge in [0, 0.05) is 5.38 Å². The number of halogens is 2. The molecule has 94 valence electrons. The number of nitrogens with zero attached hydrogens (tertiary/aromatic N) is 2. The number of rotatable bonds is 3. The van der Waals surface area contributed by atoms with Gasteiger partial charge in [0.05, 0.1) is 22.3 Å². The number of carbonyl (C=O) groups is 1. The number of hydrogen-bond donors (Lipinski definition) is 1. The highest BCUT2D eigenvalue weighted by molar-refractivity contribution is 7.09. The van der Waals surface area contributed by atoms with E-state index in [0.29, 0.717) is 6.54 Å². The Morgan fingerprint density at radius 3 is 2.83 bits per heavy atom. The van der Waals surface area contributed by atoms with Gasteiger partial charge in [-0.1, -0.05) is 23.2 Å². The van der Waals surface area contributed by atoms with Crippen molar-refractivity contribution in [1.29, 1.82) is 0 Å². The van der Waals surface area contributed by atoms with Crippen LogP contribution in [0.1, 0.15) is 21.2 Å². The molecule has 0 spiro atoms. The van der Waals surface area contributed by atoms with Crippen molar-refractivity contribution in [2.24, 2.45) is 0 Å². The predicted molar refractivity (Wildman–Crippen MR) is 72.3 cm³/mol. The number of aryl methyl sites for hydroxylation is 1. The highest BCUT2D eigenvalue weighted by Gasteiger charge is 2.13. The van der Waals surface area contributed by atoms with Crippen molar-refractivity contribution < 1.29 is 4.79 Å². The summed E-state index contributed by atoms with van der Waals surface area (Å²) in [5.41, 5.74) is 0.931. The zero-order valence-electron chi connectivity index (χ0n) is 9.41. The Morgan fingerprint density at radius 2 is 2.17 bits per heavy atom. The molecule has 0 unspecified atom stereocenters. The summed E-state index contributed by atoms with van der Waals surface area (Å²) in [6, 6.07) is 3.07. The van der Waals surface area contributed by atoms with Crippen LogP contribution in [0.3, 0.4) is 0 Å². The SMILES string of the molecule is Cc1nc(CNC(=O)c2nc(Cl)ccc2Cl)cs1. The highest BCUT2D eigenvalue weighted by atomic mass is 35.5. The molecule has 2 aromatic rings. The molecule has 1 N–H and O–H groups in total. The molecule has 0 aliphatic rings. The molecule has 2 heterocycles. The van der Waals surface area contributed by atoms with E-state index in [1.165, 1.54) is 17.4 Å². The predicted octanol–water partition coefficient (Wildman–Crippen LogP) is 3.08. The lowest BCUT2D eigenvalue weighted by atomic mass is 10.3. The molecule has 0 aromatic carbocycles. The van der Waals surface area contributed by atoms with Crippen LogP contribution in [-0.2, 0) is 6.54 Å². The number of pyridine rings is 1. The Bertz CT molecular complexity index is 585. The second-order valence-electron chi connectivity index (χ2n) is 3.50. The number of carbonyl (C=O) groups excluding carboxylic acids is 1. The third kappa shape index (κ3) is 3.19. The van der Waals surface area contributed by atoms with Gasteiger partial charge in [0.25, 0.3) is 5.91 Å². The Hall–Kier alpha value is -1.17. The van der Waals surface area contributed by atoms with Gasteiger partial charge in [-0.25, -0.2) is 9.97 Å². The minimum atomic E-state index is -0.367. The molecule has 0 radical (unpaired) electrons. The molecule has 0 aliphatic heterocycles. The van der Waals surface area contributed by atoms with E-state index in [1.54, 1.807) is 6.07 Å². The van der Waals surface area contributed by atoms with Crippen molar-refractivity contribution in [2.75, 3.05) is 0 Å². The molecule has 0 bridgehead atoms. The first kappa shape index (κ1) is 13.3. The zero-order chi connectivity index (χ0) is 13.1. The maximum Gasteiger partial charge on any atom is 0.271 e. The van der Waals surface area contributed by atoms with Gasteiger partial charge in [0.1, 0.15) is 10.8 Å². The quantitative estimate of drug-likeness (QED) is 0.886. The van der Waals surface area contributed by atoms with Gasteiger partial charge in [0.15, 0.2) is 0 Å². The summed E-state index contributed by atoms with van der Waals surface area (Å²) in [6.45, 7) is 2.25. The van der Waals surface area contributed by atoms with Crippen molar-refractivity contribution in [2.45, 2.75) is 13.5 Å². The second-order valence-corrected chi connectivity index (χ2v) is 5.36. The molecule has 2 rings (SSSR count). The molecule has 18 heavy (non-hydrogen) atoms.